The Kier molecular flexibility index (Phi) is 5.48. The lowest BCUT2D eigenvalue weighted by Gasteiger charge is -2.18. The summed E-state index contributed by atoms with van der Waals surface area (Å²) in [5.41, 5.74) is 1.67. The molecule has 2 N–H and O–H groups in total. The van der Waals surface area contributed by atoms with E-state index in [1.54, 1.807) is 37.4 Å². The molecule has 136 valence electrons. The fraction of sp³-hybridized carbons (Fsp3) is 0.263. The lowest BCUT2D eigenvalue weighted by molar-refractivity contribution is -0.118. The Morgan fingerprint density at radius 1 is 1.23 bits per heavy atom. The molecule has 3 rings (SSSR count). The molecule has 1 atom stereocenters. The second-order valence-electron chi connectivity index (χ2n) is 5.97. The average molecular weight is 357 g/mol. The van der Waals surface area contributed by atoms with Crippen molar-refractivity contribution in [3.8, 4) is 0 Å². The van der Waals surface area contributed by atoms with Gasteiger partial charge in [0.15, 0.2) is 0 Å². The maximum atomic E-state index is 13.9. The third kappa shape index (κ3) is 3.83. The molecule has 6 nitrogen and oxygen atoms in total. The van der Waals surface area contributed by atoms with Crippen LogP contribution in [-0.2, 0) is 16.1 Å². The summed E-state index contributed by atoms with van der Waals surface area (Å²) in [6.45, 7) is 0.713. The summed E-state index contributed by atoms with van der Waals surface area (Å²) in [4.78, 5) is 26.1. The van der Waals surface area contributed by atoms with Gasteiger partial charge in [0.05, 0.1) is 12.3 Å². The smallest absolute Gasteiger partial charge is 0.319 e. The van der Waals surface area contributed by atoms with Crippen molar-refractivity contribution in [2.75, 3.05) is 23.9 Å². The van der Waals surface area contributed by atoms with Gasteiger partial charge in [0.1, 0.15) is 11.9 Å². The first-order valence-electron chi connectivity index (χ1n) is 8.30. The molecule has 0 bridgehead atoms. The topological polar surface area (TPSA) is 70.7 Å². The van der Waals surface area contributed by atoms with Crippen LogP contribution in [0.1, 0.15) is 12.0 Å². The average Bonchev–Trinajstić information content (AvgIpc) is 2.98. The maximum Gasteiger partial charge on any atom is 0.319 e. The normalized spacial score (nSPS) is 16.6. The molecule has 1 aliphatic rings. The van der Waals surface area contributed by atoms with Gasteiger partial charge in [-0.15, -0.1) is 0 Å². The lowest BCUT2D eigenvalue weighted by Crippen LogP contribution is -2.43. The van der Waals surface area contributed by atoms with E-state index in [0.29, 0.717) is 25.3 Å². The first-order valence-corrected chi connectivity index (χ1v) is 8.30. The fourth-order valence-corrected chi connectivity index (χ4v) is 2.96. The number of carbonyl (C=O) groups excluding carboxylic acids is 2. The molecule has 0 aliphatic carbocycles. The molecule has 1 saturated heterocycles. The molecule has 26 heavy (non-hydrogen) atoms. The van der Waals surface area contributed by atoms with Crippen LogP contribution in [0.25, 0.3) is 0 Å². The molecule has 7 heteroatoms. The number of anilines is 2. The lowest BCUT2D eigenvalue weighted by atomic mass is 10.2. The summed E-state index contributed by atoms with van der Waals surface area (Å²) in [6, 6.07) is 12.2. The molecule has 0 spiro atoms. The van der Waals surface area contributed by atoms with Crippen molar-refractivity contribution in [3.63, 3.8) is 0 Å². The van der Waals surface area contributed by atoms with Gasteiger partial charge in [0, 0.05) is 24.9 Å². The number of methoxy groups -OCH3 is 1. The highest BCUT2D eigenvalue weighted by atomic mass is 19.1. The van der Waals surface area contributed by atoms with Crippen LogP contribution >= 0.6 is 0 Å². The van der Waals surface area contributed by atoms with E-state index in [1.807, 2.05) is 12.1 Å². The van der Waals surface area contributed by atoms with Crippen molar-refractivity contribution in [2.45, 2.75) is 19.1 Å². The van der Waals surface area contributed by atoms with Crippen molar-refractivity contribution in [1.82, 2.24) is 5.32 Å². The van der Waals surface area contributed by atoms with E-state index in [-0.39, 0.29) is 11.6 Å². The fourth-order valence-electron chi connectivity index (χ4n) is 2.96. The van der Waals surface area contributed by atoms with E-state index >= 15 is 0 Å². The molecule has 0 radical (unpaired) electrons. The molecule has 0 saturated carbocycles. The number of para-hydroxylation sites is 2. The molecule has 1 fully saturated rings. The van der Waals surface area contributed by atoms with Crippen LogP contribution in [0.2, 0.25) is 0 Å². The Morgan fingerprint density at radius 2 is 1.96 bits per heavy atom. The second-order valence-corrected chi connectivity index (χ2v) is 5.97. The van der Waals surface area contributed by atoms with E-state index in [9.17, 15) is 14.0 Å². The number of halogens is 1. The minimum absolute atomic E-state index is 0.229. The first kappa shape index (κ1) is 17.9. The van der Waals surface area contributed by atoms with E-state index in [4.69, 9.17) is 4.74 Å². The van der Waals surface area contributed by atoms with Gasteiger partial charge in [-0.3, -0.25) is 4.79 Å². The van der Waals surface area contributed by atoms with Gasteiger partial charge in [-0.05, 0) is 24.6 Å². The van der Waals surface area contributed by atoms with Crippen LogP contribution in [0.4, 0.5) is 20.6 Å². The van der Waals surface area contributed by atoms with Crippen molar-refractivity contribution < 1.29 is 18.7 Å². The number of carbonyl (C=O) groups is 2. The zero-order valence-corrected chi connectivity index (χ0v) is 14.4. The van der Waals surface area contributed by atoms with Gasteiger partial charge >= 0.3 is 6.03 Å². The molecule has 3 amide bonds. The largest absolute Gasteiger partial charge is 0.380 e. The van der Waals surface area contributed by atoms with Gasteiger partial charge in [0.25, 0.3) is 0 Å². The number of urea groups is 1. The maximum absolute atomic E-state index is 13.9. The number of hydrogen-bond donors (Lipinski definition) is 2. The summed E-state index contributed by atoms with van der Waals surface area (Å²) in [7, 11) is 1.57. The number of amides is 3. The summed E-state index contributed by atoms with van der Waals surface area (Å²) in [6.07, 6.45) is 0.417. The Morgan fingerprint density at radius 3 is 2.73 bits per heavy atom. The molecule has 2 aromatic rings. The van der Waals surface area contributed by atoms with E-state index in [0.717, 1.165) is 5.56 Å². The van der Waals surface area contributed by atoms with Crippen LogP contribution in [0.3, 0.4) is 0 Å². The van der Waals surface area contributed by atoms with Crippen LogP contribution in [0.5, 0.6) is 0 Å². The Hall–Kier alpha value is -2.93. The minimum Gasteiger partial charge on any atom is -0.380 e. The number of nitrogens with zero attached hydrogens (tertiary/aromatic N) is 1. The van der Waals surface area contributed by atoms with Gasteiger partial charge in [-0.25, -0.2) is 9.18 Å². The highest BCUT2D eigenvalue weighted by molar-refractivity contribution is 6.02. The predicted octanol–water partition coefficient (Wildman–Crippen LogP) is 2.90. The third-order valence-electron chi connectivity index (χ3n) is 4.22. The molecule has 1 heterocycles. The Bertz CT molecular complexity index is 812. The monoisotopic (exact) mass is 357 g/mol. The SMILES string of the molecule is COCc1ccccc1NC(=O)NC1CCN(c2ccccc2F)C1=O. The predicted molar refractivity (Wildman–Crippen MR) is 96.5 cm³/mol. The number of hydrogen-bond acceptors (Lipinski definition) is 3. The third-order valence-corrected chi connectivity index (χ3v) is 4.22. The summed E-state index contributed by atoms with van der Waals surface area (Å²) in [5, 5.41) is 5.40. The first-order chi connectivity index (χ1) is 12.6. The van der Waals surface area contributed by atoms with Gasteiger partial charge < -0.3 is 20.3 Å². The second kappa shape index (κ2) is 7.97. The van der Waals surface area contributed by atoms with E-state index < -0.39 is 17.9 Å². The molecular weight excluding hydrogens is 337 g/mol. The van der Waals surface area contributed by atoms with E-state index in [1.165, 1.54) is 11.0 Å². The quantitative estimate of drug-likeness (QED) is 0.864. The van der Waals surface area contributed by atoms with Crippen LogP contribution in [-0.4, -0.2) is 31.6 Å². The molecule has 0 aromatic heterocycles. The van der Waals surface area contributed by atoms with Crippen molar-refractivity contribution in [1.29, 1.82) is 0 Å². The number of benzene rings is 2. The summed E-state index contributed by atoms with van der Waals surface area (Å²) >= 11 is 0. The zero-order chi connectivity index (χ0) is 18.5. The van der Waals surface area contributed by atoms with Gasteiger partial charge in [0.2, 0.25) is 5.91 Å². The molecule has 1 unspecified atom stereocenters. The Labute approximate surface area is 150 Å². The number of nitrogens with one attached hydrogen (secondary N) is 2. The van der Waals surface area contributed by atoms with Gasteiger partial charge in [-0.1, -0.05) is 30.3 Å². The van der Waals surface area contributed by atoms with Crippen molar-refractivity contribution in [3.05, 3.63) is 59.9 Å². The van der Waals surface area contributed by atoms with Gasteiger partial charge in [-0.2, -0.15) is 0 Å². The summed E-state index contributed by atoms with van der Waals surface area (Å²) in [5.74, 6) is -0.783. The number of rotatable bonds is 5. The molecule has 1 aliphatic heterocycles. The highest BCUT2D eigenvalue weighted by Crippen LogP contribution is 2.24. The van der Waals surface area contributed by atoms with Crippen molar-refractivity contribution >= 4 is 23.3 Å². The van der Waals surface area contributed by atoms with Crippen LogP contribution in [0, 0.1) is 5.82 Å². The molecule has 2 aromatic carbocycles. The van der Waals surface area contributed by atoms with Crippen LogP contribution < -0.4 is 15.5 Å². The zero-order valence-electron chi connectivity index (χ0n) is 14.4. The van der Waals surface area contributed by atoms with Crippen LogP contribution in [0.15, 0.2) is 48.5 Å². The Balaban J connectivity index is 1.64. The summed E-state index contributed by atoms with van der Waals surface area (Å²) < 4.78 is 19.0. The number of ether oxygens (including phenoxy) is 1. The molecular formula is C19H20FN3O3. The highest BCUT2D eigenvalue weighted by Gasteiger charge is 2.34. The van der Waals surface area contributed by atoms with E-state index in [2.05, 4.69) is 10.6 Å². The van der Waals surface area contributed by atoms with Crippen molar-refractivity contribution in [2.24, 2.45) is 0 Å². The minimum atomic E-state index is -0.691. The standard InChI is InChI=1S/C19H20FN3O3/c1-26-12-13-6-2-4-8-15(13)21-19(25)22-16-10-11-23(18(16)24)17-9-5-3-7-14(17)20/h2-9,16H,10-12H2,1H3,(H2,21,22,25).